The first-order valence-corrected chi connectivity index (χ1v) is 10.7. The molecule has 3 atom stereocenters. The lowest BCUT2D eigenvalue weighted by Gasteiger charge is -2.37. The van der Waals surface area contributed by atoms with Gasteiger partial charge in [0.2, 0.25) is 0 Å². The quantitative estimate of drug-likeness (QED) is 0.786. The molecule has 2 fully saturated rings. The van der Waals surface area contributed by atoms with Gasteiger partial charge in [-0.1, -0.05) is 0 Å². The van der Waals surface area contributed by atoms with Gasteiger partial charge in [-0.25, -0.2) is 9.67 Å². The van der Waals surface area contributed by atoms with Crippen molar-refractivity contribution in [2.45, 2.75) is 63.3 Å². The Balaban J connectivity index is 1.48. The van der Waals surface area contributed by atoms with Gasteiger partial charge in [0, 0.05) is 43.3 Å². The summed E-state index contributed by atoms with van der Waals surface area (Å²) in [5.41, 5.74) is -0.125. The number of aliphatic hydroxyl groups is 1. The number of piperidine rings is 1. The molecule has 1 aliphatic heterocycles. The molecule has 27 heavy (non-hydrogen) atoms. The molecule has 2 aliphatic rings. The van der Waals surface area contributed by atoms with Crippen molar-refractivity contribution >= 4 is 17.2 Å². The van der Waals surface area contributed by atoms with E-state index in [4.69, 9.17) is 0 Å². The van der Waals surface area contributed by atoms with Crippen molar-refractivity contribution in [3.05, 3.63) is 39.1 Å². The van der Waals surface area contributed by atoms with E-state index in [1.807, 2.05) is 17.6 Å². The largest absolute Gasteiger partial charge is 0.391 e. The van der Waals surface area contributed by atoms with Crippen LogP contribution in [0.1, 0.15) is 49.6 Å². The number of thiazole rings is 1. The van der Waals surface area contributed by atoms with E-state index in [0.717, 1.165) is 62.6 Å². The number of nitrogens with one attached hydrogen (secondary N) is 1. The Hall–Kier alpha value is -1.77. The van der Waals surface area contributed by atoms with Crippen LogP contribution in [0, 0.1) is 0 Å². The zero-order valence-electron chi connectivity index (χ0n) is 15.5. The first kappa shape index (κ1) is 18.6. The molecule has 0 aromatic carbocycles. The van der Waals surface area contributed by atoms with Crippen LogP contribution in [0.15, 0.2) is 28.5 Å². The van der Waals surface area contributed by atoms with Gasteiger partial charge in [-0.15, -0.1) is 11.3 Å². The molecule has 2 N–H and O–H groups in total. The van der Waals surface area contributed by atoms with Crippen molar-refractivity contribution in [1.82, 2.24) is 20.1 Å². The summed E-state index contributed by atoms with van der Waals surface area (Å²) < 4.78 is 1.52. The number of anilines is 1. The van der Waals surface area contributed by atoms with E-state index in [2.05, 4.69) is 20.3 Å². The highest BCUT2D eigenvalue weighted by molar-refractivity contribution is 7.09. The maximum absolute atomic E-state index is 12.3. The molecular formula is C19H27N5O2S. The van der Waals surface area contributed by atoms with Crippen LogP contribution in [0.5, 0.6) is 0 Å². The van der Waals surface area contributed by atoms with E-state index in [1.54, 1.807) is 17.4 Å². The standard InChI is InChI=1S/C19H27N5O2S/c25-16-6-3-5-15(16)24-19(26)8-7-17(22-24)23-10-2-1-4-14(23)12-20-13-18-21-9-11-27-18/h7-9,11,14-16,20,25H,1-6,10,12-13H2. The molecule has 2 aromatic heterocycles. The van der Waals surface area contributed by atoms with Crippen molar-refractivity contribution in [2.75, 3.05) is 18.0 Å². The maximum Gasteiger partial charge on any atom is 0.267 e. The fraction of sp³-hybridized carbons (Fsp3) is 0.632. The van der Waals surface area contributed by atoms with Crippen molar-refractivity contribution in [2.24, 2.45) is 0 Å². The molecule has 0 bridgehead atoms. The topological polar surface area (TPSA) is 83.3 Å². The minimum absolute atomic E-state index is 0.125. The van der Waals surface area contributed by atoms with Gasteiger partial charge in [0.05, 0.1) is 12.1 Å². The number of aromatic nitrogens is 3. The van der Waals surface area contributed by atoms with Gasteiger partial charge in [-0.05, 0) is 44.6 Å². The SMILES string of the molecule is O=c1ccc(N2CCCCC2CNCc2nccs2)nn1C1CCCC1O. The summed E-state index contributed by atoms with van der Waals surface area (Å²) in [6.07, 6.45) is 7.32. The molecule has 7 nitrogen and oxygen atoms in total. The molecule has 4 rings (SSSR count). The second kappa shape index (κ2) is 8.50. The van der Waals surface area contributed by atoms with E-state index in [0.29, 0.717) is 6.04 Å². The van der Waals surface area contributed by atoms with E-state index in [1.165, 1.54) is 11.1 Å². The van der Waals surface area contributed by atoms with Crippen molar-refractivity contribution in [1.29, 1.82) is 0 Å². The molecule has 3 heterocycles. The highest BCUT2D eigenvalue weighted by Crippen LogP contribution is 2.29. The Morgan fingerprint density at radius 2 is 2.15 bits per heavy atom. The third kappa shape index (κ3) is 4.23. The molecule has 0 amide bonds. The zero-order chi connectivity index (χ0) is 18.6. The maximum atomic E-state index is 12.3. The molecule has 146 valence electrons. The van der Waals surface area contributed by atoms with Crippen molar-refractivity contribution < 1.29 is 5.11 Å². The van der Waals surface area contributed by atoms with Crippen molar-refractivity contribution in [3.8, 4) is 0 Å². The fourth-order valence-corrected chi connectivity index (χ4v) is 4.80. The Kier molecular flexibility index (Phi) is 5.85. The normalized spacial score (nSPS) is 25.8. The average Bonchev–Trinajstić information content (AvgIpc) is 3.35. The number of nitrogens with zero attached hydrogens (tertiary/aromatic N) is 4. The Bertz CT molecular complexity index is 794. The highest BCUT2D eigenvalue weighted by Gasteiger charge is 2.30. The minimum atomic E-state index is -0.470. The summed E-state index contributed by atoms with van der Waals surface area (Å²) in [6, 6.07) is 3.59. The van der Waals surface area contributed by atoms with Crippen LogP contribution in [-0.2, 0) is 6.54 Å². The second-order valence-electron chi connectivity index (χ2n) is 7.44. The zero-order valence-corrected chi connectivity index (χ0v) is 16.3. The molecule has 8 heteroatoms. The second-order valence-corrected chi connectivity index (χ2v) is 8.42. The summed E-state index contributed by atoms with van der Waals surface area (Å²) in [5.74, 6) is 0.842. The van der Waals surface area contributed by atoms with Crippen LogP contribution in [0.25, 0.3) is 0 Å². The minimum Gasteiger partial charge on any atom is -0.391 e. The summed E-state index contributed by atoms with van der Waals surface area (Å²) in [6.45, 7) is 2.59. The van der Waals surface area contributed by atoms with Crippen LogP contribution in [-0.4, -0.2) is 45.1 Å². The van der Waals surface area contributed by atoms with Crippen LogP contribution >= 0.6 is 11.3 Å². The lowest BCUT2D eigenvalue weighted by Crippen LogP contribution is -2.46. The van der Waals surface area contributed by atoms with E-state index in [9.17, 15) is 9.90 Å². The van der Waals surface area contributed by atoms with E-state index >= 15 is 0 Å². The Morgan fingerprint density at radius 3 is 2.93 bits per heavy atom. The van der Waals surface area contributed by atoms with Gasteiger partial charge in [-0.3, -0.25) is 4.79 Å². The molecular weight excluding hydrogens is 362 g/mol. The van der Waals surface area contributed by atoms with E-state index in [-0.39, 0.29) is 11.6 Å². The monoisotopic (exact) mass is 389 g/mol. The number of hydrogen-bond acceptors (Lipinski definition) is 7. The molecule has 3 unspecified atom stereocenters. The van der Waals surface area contributed by atoms with Gasteiger partial charge < -0.3 is 15.3 Å². The average molecular weight is 390 g/mol. The first-order valence-electron chi connectivity index (χ1n) is 9.86. The molecule has 1 aliphatic carbocycles. The Labute approximate surface area is 163 Å². The van der Waals surface area contributed by atoms with Crippen LogP contribution in [0.4, 0.5) is 5.82 Å². The molecule has 0 spiro atoms. The summed E-state index contributed by atoms with van der Waals surface area (Å²) in [4.78, 5) is 19.0. The third-order valence-corrected chi connectivity index (χ3v) is 6.41. The predicted octanol–water partition coefficient (Wildman–Crippen LogP) is 1.93. The lowest BCUT2D eigenvalue weighted by molar-refractivity contribution is 0.127. The van der Waals surface area contributed by atoms with Gasteiger partial charge in [0.15, 0.2) is 0 Å². The summed E-state index contributed by atoms with van der Waals surface area (Å²) in [5, 5.41) is 21.5. The van der Waals surface area contributed by atoms with E-state index < -0.39 is 6.10 Å². The van der Waals surface area contributed by atoms with Crippen LogP contribution in [0.2, 0.25) is 0 Å². The van der Waals surface area contributed by atoms with Gasteiger partial charge in [0.1, 0.15) is 10.8 Å². The van der Waals surface area contributed by atoms with Gasteiger partial charge in [-0.2, -0.15) is 5.10 Å². The molecule has 1 saturated heterocycles. The third-order valence-electron chi connectivity index (χ3n) is 5.63. The highest BCUT2D eigenvalue weighted by atomic mass is 32.1. The van der Waals surface area contributed by atoms with Gasteiger partial charge >= 0.3 is 0 Å². The number of aliphatic hydroxyl groups excluding tert-OH is 1. The Morgan fingerprint density at radius 1 is 1.22 bits per heavy atom. The number of rotatable bonds is 6. The van der Waals surface area contributed by atoms with Crippen molar-refractivity contribution in [3.63, 3.8) is 0 Å². The molecule has 1 saturated carbocycles. The molecule has 0 radical (unpaired) electrons. The fourth-order valence-electron chi connectivity index (χ4n) is 4.21. The number of hydrogen-bond donors (Lipinski definition) is 2. The smallest absolute Gasteiger partial charge is 0.267 e. The van der Waals surface area contributed by atoms with Crippen LogP contribution < -0.4 is 15.8 Å². The first-order chi connectivity index (χ1) is 13.2. The van der Waals surface area contributed by atoms with Gasteiger partial charge in [0.25, 0.3) is 5.56 Å². The lowest BCUT2D eigenvalue weighted by atomic mass is 10.0. The van der Waals surface area contributed by atoms with Crippen LogP contribution in [0.3, 0.4) is 0 Å². The molecule has 2 aromatic rings. The summed E-state index contributed by atoms with van der Waals surface area (Å²) in [7, 11) is 0. The predicted molar refractivity (Wildman–Crippen MR) is 106 cm³/mol. The summed E-state index contributed by atoms with van der Waals surface area (Å²) >= 11 is 1.66.